The Morgan fingerprint density at radius 3 is 2.31 bits per heavy atom. The number of fused-ring (bicyclic) bond motifs is 1. The van der Waals surface area contributed by atoms with Crippen LogP contribution in [0.1, 0.15) is 17.0 Å². The van der Waals surface area contributed by atoms with Gasteiger partial charge in [-0.1, -0.05) is 60.7 Å². The van der Waals surface area contributed by atoms with Gasteiger partial charge in [0.1, 0.15) is 10.5 Å². The zero-order chi connectivity index (χ0) is 20.5. The number of carbonyl (C=O) groups is 1. The Kier molecular flexibility index (Phi) is 4.63. The quantitative estimate of drug-likeness (QED) is 0.677. The van der Waals surface area contributed by atoms with Crippen LogP contribution in [0, 0.1) is 11.3 Å². The largest absolute Gasteiger partial charge is 0.384 e. The van der Waals surface area contributed by atoms with Gasteiger partial charge in [0.2, 0.25) is 5.91 Å². The molecule has 1 aromatic heterocycles. The van der Waals surface area contributed by atoms with Crippen molar-refractivity contribution in [2.45, 2.75) is 5.92 Å². The third kappa shape index (κ3) is 3.06. The van der Waals surface area contributed by atoms with E-state index >= 15 is 0 Å². The Bertz CT molecular complexity index is 1360. The molecule has 6 nitrogen and oxygen atoms in total. The second kappa shape index (κ2) is 7.26. The SMILES string of the molecule is N#CC1=C(N)n2c(s/c(=C/c3ccccc3)c2=O)=C(C(N)=O)[C@H]1c1ccccc1. The van der Waals surface area contributed by atoms with E-state index in [1.807, 2.05) is 48.5 Å². The molecule has 0 unspecified atom stereocenters. The number of allylic oxidation sites excluding steroid dienone is 1. The second-order valence-corrected chi connectivity index (χ2v) is 7.53. The molecule has 0 saturated carbocycles. The minimum absolute atomic E-state index is 0.0234. The number of hydrogen-bond acceptors (Lipinski definition) is 5. The number of hydrogen-bond donors (Lipinski definition) is 2. The first kappa shape index (κ1) is 18.5. The highest BCUT2D eigenvalue weighted by Crippen LogP contribution is 2.35. The van der Waals surface area contributed by atoms with E-state index in [1.54, 1.807) is 18.2 Å². The van der Waals surface area contributed by atoms with E-state index in [9.17, 15) is 14.9 Å². The molecular formula is C22H16N4O2S. The molecule has 7 heteroatoms. The summed E-state index contributed by atoms with van der Waals surface area (Å²) in [6.07, 6.45) is 1.73. The van der Waals surface area contributed by atoms with Gasteiger partial charge in [0, 0.05) is 0 Å². The summed E-state index contributed by atoms with van der Waals surface area (Å²) < 4.78 is 1.98. The monoisotopic (exact) mass is 400 g/mol. The first-order chi connectivity index (χ1) is 14.0. The standard InChI is InChI=1S/C22H16N4O2S/c23-12-15-17(14-9-5-2-6-10-14)18(20(25)27)22-26(19(15)24)21(28)16(29-22)11-13-7-3-1-4-8-13/h1-11,17H,24H2,(H2,25,27)/b16-11+/t17-/m0/s1. The maximum absolute atomic E-state index is 13.1. The molecule has 2 aromatic carbocycles. The Morgan fingerprint density at radius 2 is 1.72 bits per heavy atom. The number of thiazole rings is 1. The molecule has 2 heterocycles. The van der Waals surface area contributed by atoms with Crippen LogP contribution in [-0.2, 0) is 4.79 Å². The van der Waals surface area contributed by atoms with Crippen molar-refractivity contribution in [3.8, 4) is 6.07 Å². The number of amides is 1. The lowest BCUT2D eigenvalue weighted by atomic mass is 9.83. The predicted molar refractivity (Wildman–Crippen MR) is 113 cm³/mol. The number of primary amides is 1. The molecule has 0 fully saturated rings. The second-order valence-electron chi connectivity index (χ2n) is 6.50. The van der Waals surface area contributed by atoms with Crippen molar-refractivity contribution in [3.63, 3.8) is 0 Å². The molecular weight excluding hydrogens is 384 g/mol. The highest BCUT2D eigenvalue weighted by atomic mass is 32.1. The fourth-order valence-corrected chi connectivity index (χ4v) is 4.65. The molecule has 4 rings (SSSR count). The molecule has 0 aliphatic carbocycles. The normalized spacial score (nSPS) is 16.4. The van der Waals surface area contributed by atoms with Gasteiger partial charge < -0.3 is 11.5 Å². The Labute approximate surface area is 169 Å². The molecule has 0 radical (unpaired) electrons. The minimum Gasteiger partial charge on any atom is -0.384 e. The zero-order valence-corrected chi connectivity index (χ0v) is 16.0. The summed E-state index contributed by atoms with van der Waals surface area (Å²) in [6, 6.07) is 20.5. The lowest BCUT2D eigenvalue weighted by Crippen LogP contribution is -2.41. The van der Waals surface area contributed by atoms with Crippen LogP contribution in [0.25, 0.3) is 17.5 Å². The minimum atomic E-state index is -0.721. The summed E-state index contributed by atoms with van der Waals surface area (Å²) in [5.41, 5.74) is 13.4. The van der Waals surface area contributed by atoms with Crippen LogP contribution in [0.2, 0.25) is 0 Å². The summed E-state index contributed by atoms with van der Waals surface area (Å²) in [6.45, 7) is 0. The van der Waals surface area contributed by atoms with Crippen molar-refractivity contribution in [3.05, 3.63) is 96.9 Å². The van der Waals surface area contributed by atoms with Gasteiger partial charge in [-0.15, -0.1) is 11.3 Å². The zero-order valence-electron chi connectivity index (χ0n) is 15.2. The number of carbonyl (C=O) groups excluding carboxylic acids is 1. The Hall–Kier alpha value is -3.89. The fourth-order valence-electron chi connectivity index (χ4n) is 3.47. The molecule has 1 aliphatic rings. The molecule has 29 heavy (non-hydrogen) atoms. The van der Waals surface area contributed by atoms with Crippen molar-refractivity contribution >= 4 is 34.7 Å². The summed E-state index contributed by atoms with van der Waals surface area (Å²) in [7, 11) is 0. The molecule has 1 aliphatic heterocycles. The van der Waals surface area contributed by atoms with E-state index in [2.05, 4.69) is 6.07 Å². The number of benzene rings is 2. The average Bonchev–Trinajstić information content (AvgIpc) is 3.05. The summed E-state index contributed by atoms with van der Waals surface area (Å²) in [5, 5.41) is 9.78. The number of aromatic nitrogens is 1. The molecule has 1 atom stereocenters. The van der Waals surface area contributed by atoms with Crippen LogP contribution in [0.4, 0.5) is 0 Å². The van der Waals surface area contributed by atoms with Gasteiger partial charge in [0.05, 0.1) is 27.7 Å². The lowest BCUT2D eigenvalue weighted by Gasteiger charge is -2.24. The lowest BCUT2D eigenvalue weighted by molar-refractivity contribution is -0.113. The first-order valence-corrected chi connectivity index (χ1v) is 9.62. The Balaban J connectivity index is 2.11. The van der Waals surface area contributed by atoms with Crippen molar-refractivity contribution in [1.82, 2.24) is 4.57 Å². The van der Waals surface area contributed by atoms with Gasteiger partial charge in [-0.25, -0.2) is 0 Å². The highest BCUT2D eigenvalue weighted by Gasteiger charge is 2.34. The number of nitriles is 1. The maximum Gasteiger partial charge on any atom is 0.274 e. The van der Waals surface area contributed by atoms with E-state index in [4.69, 9.17) is 11.5 Å². The first-order valence-electron chi connectivity index (χ1n) is 8.80. The average molecular weight is 400 g/mol. The van der Waals surface area contributed by atoms with Crippen LogP contribution in [0.3, 0.4) is 0 Å². The van der Waals surface area contributed by atoms with Crippen LogP contribution in [-0.4, -0.2) is 10.5 Å². The van der Waals surface area contributed by atoms with E-state index in [0.717, 1.165) is 16.9 Å². The van der Waals surface area contributed by atoms with Gasteiger partial charge in [-0.05, 0) is 17.2 Å². The third-order valence-corrected chi connectivity index (χ3v) is 5.87. The van der Waals surface area contributed by atoms with E-state index in [0.29, 0.717) is 14.8 Å². The van der Waals surface area contributed by atoms with Gasteiger partial charge in [-0.3, -0.25) is 14.2 Å². The smallest absolute Gasteiger partial charge is 0.274 e. The highest BCUT2D eigenvalue weighted by molar-refractivity contribution is 7.07. The van der Waals surface area contributed by atoms with Crippen LogP contribution < -0.4 is 26.2 Å². The molecule has 1 amide bonds. The summed E-state index contributed by atoms with van der Waals surface area (Å²) in [5.74, 6) is -1.39. The molecule has 3 aromatic rings. The van der Waals surface area contributed by atoms with Gasteiger partial charge >= 0.3 is 0 Å². The fraction of sp³-hybridized carbons (Fsp3) is 0.0455. The molecule has 0 saturated heterocycles. The van der Waals surface area contributed by atoms with Gasteiger partial charge in [0.15, 0.2) is 0 Å². The van der Waals surface area contributed by atoms with Crippen molar-refractivity contribution in [2.75, 3.05) is 0 Å². The number of nitrogens with zero attached hydrogens (tertiary/aromatic N) is 2. The predicted octanol–water partition coefficient (Wildman–Crippen LogP) is 0.823. The Morgan fingerprint density at radius 1 is 1.10 bits per heavy atom. The van der Waals surface area contributed by atoms with Crippen LogP contribution >= 0.6 is 11.3 Å². The van der Waals surface area contributed by atoms with E-state index in [1.165, 1.54) is 4.57 Å². The topological polar surface area (TPSA) is 115 Å². The van der Waals surface area contributed by atoms with Crippen molar-refractivity contribution in [1.29, 1.82) is 5.26 Å². The van der Waals surface area contributed by atoms with Crippen LogP contribution in [0.15, 0.2) is 71.0 Å². The number of rotatable bonds is 3. The van der Waals surface area contributed by atoms with Crippen molar-refractivity contribution in [2.24, 2.45) is 11.5 Å². The van der Waals surface area contributed by atoms with E-state index < -0.39 is 11.8 Å². The third-order valence-electron chi connectivity index (χ3n) is 4.76. The van der Waals surface area contributed by atoms with Crippen molar-refractivity contribution < 1.29 is 4.79 Å². The maximum atomic E-state index is 13.1. The summed E-state index contributed by atoms with van der Waals surface area (Å²) >= 11 is 1.14. The molecule has 142 valence electrons. The molecule has 0 spiro atoms. The summed E-state index contributed by atoms with van der Waals surface area (Å²) in [4.78, 5) is 25.5. The molecule has 4 N–H and O–H groups in total. The molecule has 0 bridgehead atoms. The van der Waals surface area contributed by atoms with Gasteiger partial charge in [0.25, 0.3) is 5.56 Å². The number of nitrogens with two attached hydrogens (primary N) is 2. The van der Waals surface area contributed by atoms with E-state index in [-0.39, 0.29) is 22.5 Å². The van der Waals surface area contributed by atoms with Gasteiger partial charge in [-0.2, -0.15) is 5.26 Å². The van der Waals surface area contributed by atoms with Crippen LogP contribution in [0.5, 0.6) is 0 Å².